The van der Waals surface area contributed by atoms with Gasteiger partial charge in [0.05, 0.1) is 5.41 Å². The summed E-state index contributed by atoms with van der Waals surface area (Å²) in [7, 11) is 0. The Labute approximate surface area is 133 Å². The number of carbonyl (C=O) groups excluding carboxylic acids is 2. The molecule has 0 aromatic carbocycles. The van der Waals surface area contributed by atoms with Crippen molar-refractivity contribution in [1.29, 1.82) is 0 Å². The van der Waals surface area contributed by atoms with Crippen LogP contribution in [0.3, 0.4) is 0 Å². The molecule has 1 N–H and O–H groups in total. The summed E-state index contributed by atoms with van der Waals surface area (Å²) in [5.41, 5.74) is -1.30. The first-order chi connectivity index (χ1) is 7.98. The smallest absolute Gasteiger partial charge is 0.861 e. The predicted octanol–water partition coefficient (Wildman–Crippen LogP) is -2.30. The molecule has 0 saturated carbocycles. The largest absolute Gasteiger partial charge is 1.00 e. The molecule has 1 aliphatic rings. The summed E-state index contributed by atoms with van der Waals surface area (Å²) in [5.74, 6) is -0.468. The van der Waals surface area contributed by atoms with Crippen LogP contribution < -0.4 is 40.0 Å². The Morgan fingerprint density at radius 2 is 2.22 bits per heavy atom. The Bertz CT molecular complexity index is 386. The van der Waals surface area contributed by atoms with Crippen molar-refractivity contribution in [2.45, 2.75) is 25.5 Å². The monoisotopic (exact) mass is 278 g/mol. The Morgan fingerprint density at radius 3 is 2.67 bits per heavy atom. The van der Waals surface area contributed by atoms with E-state index in [1.807, 2.05) is 6.92 Å². The fourth-order valence-corrected chi connectivity index (χ4v) is 2.94. The van der Waals surface area contributed by atoms with Crippen LogP contribution in [0.15, 0.2) is 17.6 Å². The molecule has 2 atom stereocenters. The summed E-state index contributed by atoms with van der Waals surface area (Å²) >= 11 is 1.48. The number of imide groups is 1. The van der Waals surface area contributed by atoms with Gasteiger partial charge in [-0.2, -0.15) is 11.8 Å². The van der Waals surface area contributed by atoms with Crippen LogP contribution in [0, 0.1) is 5.41 Å². The zero-order valence-electron chi connectivity index (χ0n) is 10.9. The Morgan fingerprint density at radius 1 is 1.61 bits per heavy atom. The number of hydrogen-bond acceptors (Lipinski definition) is 4. The summed E-state index contributed by atoms with van der Waals surface area (Å²) in [6, 6.07) is -0.881. The molecular weight excluding hydrogens is 263 g/mol. The number of hydrogen-bond donors (Lipinski definition) is 1. The molecule has 1 rings (SSSR count). The van der Waals surface area contributed by atoms with Crippen molar-refractivity contribution in [1.82, 2.24) is 5.32 Å². The van der Waals surface area contributed by atoms with Gasteiger partial charge in [-0.25, -0.2) is 9.79 Å². The molecule has 0 aromatic rings. The SMILES string of the molecule is C=CCC1(C(C)SCC)C(=O)NC(=O)N=C1[O-].[Na+]. The van der Waals surface area contributed by atoms with Gasteiger partial charge in [-0.05, 0) is 18.1 Å². The van der Waals surface area contributed by atoms with Crippen LogP contribution in [-0.4, -0.2) is 28.8 Å². The molecule has 0 spiro atoms. The van der Waals surface area contributed by atoms with Gasteiger partial charge in [-0.15, -0.1) is 6.58 Å². The maximum atomic E-state index is 12.0. The minimum atomic E-state index is -1.30. The minimum absolute atomic E-state index is 0. The van der Waals surface area contributed by atoms with E-state index in [4.69, 9.17) is 0 Å². The van der Waals surface area contributed by atoms with Gasteiger partial charge in [0, 0.05) is 5.25 Å². The molecule has 3 amide bonds. The Balaban J connectivity index is 0.00000289. The number of thioether (sulfide) groups is 1. The third-order valence-corrected chi connectivity index (χ3v) is 4.02. The second kappa shape index (κ2) is 7.33. The number of allylic oxidation sites excluding steroid dienone is 1. The second-order valence-corrected chi connectivity index (χ2v) is 5.36. The average Bonchev–Trinajstić information content (AvgIpc) is 2.23. The fraction of sp³-hybridized carbons (Fsp3) is 0.545. The molecule has 2 unspecified atom stereocenters. The number of nitrogens with zero attached hydrogens (tertiary/aromatic N) is 1. The van der Waals surface area contributed by atoms with E-state index in [0.29, 0.717) is 0 Å². The molecule has 1 heterocycles. The molecule has 1 aliphatic heterocycles. The summed E-state index contributed by atoms with van der Waals surface area (Å²) in [5, 5.41) is 13.8. The number of carbonyl (C=O) groups is 2. The van der Waals surface area contributed by atoms with Gasteiger partial charge in [-0.1, -0.05) is 19.9 Å². The molecule has 5 nitrogen and oxygen atoms in total. The Kier molecular flexibility index (Phi) is 7.21. The average molecular weight is 278 g/mol. The van der Waals surface area contributed by atoms with E-state index in [1.54, 1.807) is 6.92 Å². The Hall–Kier alpha value is -0.300. The predicted molar refractivity (Wildman–Crippen MR) is 65.8 cm³/mol. The van der Waals surface area contributed by atoms with Gasteiger partial charge < -0.3 is 5.11 Å². The van der Waals surface area contributed by atoms with Crippen LogP contribution in [0.25, 0.3) is 0 Å². The summed E-state index contributed by atoms with van der Waals surface area (Å²) < 4.78 is 0. The number of urea groups is 1. The van der Waals surface area contributed by atoms with Crippen LogP contribution in [0.5, 0.6) is 0 Å². The van der Waals surface area contributed by atoms with E-state index in [9.17, 15) is 14.7 Å². The molecule has 0 aromatic heterocycles. The number of rotatable bonds is 5. The van der Waals surface area contributed by atoms with E-state index in [-0.39, 0.29) is 41.2 Å². The quantitative estimate of drug-likeness (QED) is 0.453. The van der Waals surface area contributed by atoms with Gasteiger partial charge in [0.1, 0.15) is 0 Å². The van der Waals surface area contributed by atoms with Crippen LogP contribution in [0.1, 0.15) is 20.3 Å². The third-order valence-electron chi connectivity index (χ3n) is 2.79. The van der Waals surface area contributed by atoms with Crippen molar-refractivity contribution in [3.05, 3.63) is 12.7 Å². The molecule has 0 bridgehead atoms. The van der Waals surface area contributed by atoms with E-state index in [1.165, 1.54) is 17.8 Å². The first kappa shape index (κ1) is 17.7. The number of amides is 3. The zero-order chi connectivity index (χ0) is 13.1. The van der Waals surface area contributed by atoms with E-state index >= 15 is 0 Å². The molecule has 0 saturated heterocycles. The van der Waals surface area contributed by atoms with Gasteiger partial charge in [0.15, 0.2) is 0 Å². The van der Waals surface area contributed by atoms with Crippen LogP contribution >= 0.6 is 11.8 Å². The first-order valence-corrected chi connectivity index (χ1v) is 6.38. The zero-order valence-corrected chi connectivity index (χ0v) is 13.7. The molecular formula is C11H15N2NaO3S. The fourth-order valence-electron chi connectivity index (χ4n) is 1.85. The summed E-state index contributed by atoms with van der Waals surface area (Å²) in [6.07, 6.45) is 1.69. The van der Waals surface area contributed by atoms with Gasteiger partial charge in [-0.3, -0.25) is 10.1 Å². The van der Waals surface area contributed by atoms with Gasteiger partial charge >= 0.3 is 35.6 Å². The molecule has 0 aliphatic carbocycles. The molecule has 94 valence electrons. The second-order valence-electron chi connectivity index (χ2n) is 3.74. The van der Waals surface area contributed by atoms with Crippen molar-refractivity contribution >= 4 is 29.6 Å². The number of aliphatic imine (C=N–C) groups is 1. The summed E-state index contributed by atoms with van der Waals surface area (Å²) in [4.78, 5) is 26.3. The van der Waals surface area contributed by atoms with Gasteiger partial charge in [0.2, 0.25) is 5.91 Å². The van der Waals surface area contributed by atoms with E-state index in [2.05, 4.69) is 16.9 Å². The maximum absolute atomic E-state index is 12.0. The van der Waals surface area contributed by atoms with Crippen molar-refractivity contribution in [2.24, 2.45) is 10.4 Å². The van der Waals surface area contributed by atoms with Crippen molar-refractivity contribution in [2.75, 3.05) is 5.75 Å². The van der Waals surface area contributed by atoms with Crippen molar-refractivity contribution < 1.29 is 44.3 Å². The number of nitrogens with one attached hydrogen (secondary N) is 1. The minimum Gasteiger partial charge on any atom is -0.861 e. The van der Waals surface area contributed by atoms with Crippen molar-refractivity contribution in [3.8, 4) is 0 Å². The molecule has 18 heavy (non-hydrogen) atoms. The maximum Gasteiger partial charge on any atom is 1.00 e. The standard InChI is InChI=1S/C11H16N2O3S.Na/c1-4-6-11(7(3)17-5-2)8(14)12-10(16)13-9(11)15;/h4,7H,1,5-6H2,2-3H3,(H2,12,13,14,15,16);/q;+1/p-1. The van der Waals surface area contributed by atoms with E-state index < -0.39 is 23.3 Å². The topological polar surface area (TPSA) is 81.6 Å². The van der Waals surface area contributed by atoms with Crippen molar-refractivity contribution in [3.63, 3.8) is 0 Å². The molecule has 7 heteroatoms. The van der Waals surface area contributed by atoms with Gasteiger partial charge in [0.25, 0.3) is 0 Å². The third kappa shape index (κ3) is 3.17. The summed E-state index contributed by atoms with van der Waals surface area (Å²) in [6.45, 7) is 7.30. The van der Waals surface area contributed by atoms with Crippen LogP contribution in [-0.2, 0) is 4.79 Å². The van der Waals surface area contributed by atoms with Crippen LogP contribution in [0.2, 0.25) is 0 Å². The normalized spacial score (nSPS) is 24.7. The van der Waals surface area contributed by atoms with E-state index in [0.717, 1.165) is 5.75 Å². The van der Waals surface area contributed by atoms with Crippen LogP contribution in [0.4, 0.5) is 4.79 Å². The first-order valence-electron chi connectivity index (χ1n) is 5.33. The molecule has 0 fully saturated rings. The molecule has 0 radical (unpaired) electrons.